The Bertz CT molecular complexity index is 778. The Morgan fingerprint density at radius 1 is 1.29 bits per heavy atom. The molecule has 0 unspecified atom stereocenters. The third-order valence-electron chi connectivity index (χ3n) is 2.94. The number of para-hydroxylation sites is 1. The molecule has 0 aliphatic carbocycles. The zero-order valence-corrected chi connectivity index (χ0v) is 9.19. The lowest BCUT2D eigenvalue weighted by Gasteiger charge is -1.96. The van der Waals surface area contributed by atoms with Gasteiger partial charge in [0.25, 0.3) is 0 Å². The molecule has 1 aromatic carbocycles. The van der Waals surface area contributed by atoms with Gasteiger partial charge in [0.1, 0.15) is 0 Å². The molecule has 0 saturated heterocycles. The van der Waals surface area contributed by atoms with Gasteiger partial charge in [0, 0.05) is 26.9 Å². The van der Waals surface area contributed by atoms with E-state index in [0.29, 0.717) is 5.69 Å². The monoisotopic (exact) mass is 223 g/mol. The topological polar surface area (TPSA) is 56.1 Å². The quantitative estimate of drug-likeness (QED) is 0.595. The Balaban J connectivity index is 2.51. The number of nitrogens with zero attached hydrogens (tertiary/aromatic N) is 2. The van der Waals surface area contributed by atoms with Gasteiger partial charge >= 0.3 is 6.07 Å². The highest BCUT2D eigenvalue weighted by Crippen LogP contribution is 2.28. The highest BCUT2D eigenvalue weighted by Gasteiger charge is 2.11. The number of aromatic amines is 1. The predicted molar refractivity (Wildman–Crippen MR) is 68.1 cm³/mol. The summed E-state index contributed by atoms with van der Waals surface area (Å²) in [6.45, 7) is 1.92. The summed E-state index contributed by atoms with van der Waals surface area (Å²) in [5, 5.41) is 15.1. The molecule has 0 saturated carbocycles. The Morgan fingerprint density at radius 3 is 2.94 bits per heavy atom. The van der Waals surface area contributed by atoms with Crippen molar-refractivity contribution in [2.24, 2.45) is 0 Å². The first-order chi connectivity index (χ1) is 8.31. The van der Waals surface area contributed by atoms with Crippen molar-refractivity contribution >= 4 is 21.8 Å². The second-order valence-electron chi connectivity index (χ2n) is 3.89. The van der Waals surface area contributed by atoms with Gasteiger partial charge in [0.05, 0.1) is 11.7 Å². The lowest BCUT2D eigenvalue weighted by atomic mass is 10.1. The first-order valence-electron chi connectivity index (χ1n) is 5.25. The van der Waals surface area contributed by atoms with Crippen molar-refractivity contribution in [1.29, 1.82) is 0 Å². The molecule has 2 heterocycles. The van der Waals surface area contributed by atoms with Crippen LogP contribution < -0.4 is 0 Å². The van der Waals surface area contributed by atoms with Gasteiger partial charge in [-0.05, 0) is 13.0 Å². The summed E-state index contributed by atoms with van der Waals surface area (Å²) < 4.78 is 0. The Kier molecular flexibility index (Phi) is 1.99. The molecule has 4 heteroatoms. The number of nitrogens with one attached hydrogen (secondary N) is 1. The van der Waals surface area contributed by atoms with Crippen molar-refractivity contribution in [3.05, 3.63) is 51.9 Å². The number of hydrogen-bond acceptors (Lipinski definition) is 2. The molecular weight excluding hydrogens is 214 g/mol. The van der Waals surface area contributed by atoms with Crippen molar-refractivity contribution < 1.29 is 0 Å². The Labute approximate surface area is 97.3 Å². The molecule has 3 rings (SSSR count). The van der Waals surface area contributed by atoms with Crippen LogP contribution in [0.1, 0.15) is 11.3 Å². The fourth-order valence-corrected chi connectivity index (χ4v) is 2.16. The van der Waals surface area contributed by atoms with E-state index < -0.39 is 0 Å². The number of hydrogen-bond donors (Lipinski definition) is 1. The van der Waals surface area contributed by atoms with Crippen molar-refractivity contribution in [2.75, 3.05) is 0 Å². The van der Waals surface area contributed by atoms with E-state index in [4.69, 9.17) is 0 Å². The third-order valence-corrected chi connectivity index (χ3v) is 2.94. The molecule has 17 heavy (non-hydrogen) atoms. The summed E-state index contributed by atoms with van der Waals surface area (Å²) >= 11 is 0. The Morgan fingerprint density at radius 2 is 2.12 bits per heavy atom. The highest BCUT2D eigenvalue weighted by molar-refractivity contribution is 6.08. The van der Waals surface area contributed by atoms with Gasteiger partial charge < -0.3 is 10.2 Å². The van der Waals surface area contributed by atoms with Crippen molar-refractivity contribution in [3.8, 4) is 6.07 Å². The van der Waals surface area contributed by atoms with Crippen LogP contribution in [0.3, 0.4) is 0 Å². The van der Waals surface area contributed by atoms with E-state index >= 15 is 0 Å². The molecule has 3 aromatic rings. The third kappa shape index (κ3) is 1.33. The fourth-order valence-electron chi connectivity index (χ4n) is 2.16. The maximum atomic E-state index is 10.3. The first-order valence-corrected chi connectivity index (χ1v) is 5.25. The minimum atomic E-state index is 0.497. The minimum Gasteiger partial charge on any atom is -0.498 e. The molecule has 0 spiro atoms. The zero-order valence-electron chi connectivity index (χ0n) is 9.19. The average Bonchev–Trinajstić information content (AvgIpc) is 2.72. The molecule has 0 atom stereocenters. The van der Waals surface area contributed by atoms with Gasteiger partial charge in [-0.2, -0.15) is 0 Å². The number of pyridine rings is 1. The zero-order chi connectivity index (χ0) is 11.8. The molecule has 4 nitrogen and oxygen atoms in total. The van der Waals surface area contributed by atoms with Crippen molar-refractivity contribution in [2.45, 2.75) is 6.92 Å². The molecule has 0 aliphatic heterocycles. The van der Waals surface area contributed by atoms with E-state index in [0.717, 1.165) is 27.4 Å². The van der Waals surface area contributed by atoms with Crippen LogP contribution in [0.4, 0.5) is 0 Å². The van der Waals surface area contributed by atoms with E-state index in [2.05, 4.69) is 21.0 Å². The van der Waals surface area contributed by atoms with Gasteiger partial charge in [0.15, 0.2) is 5.69 Å². The second-order valence-corrected chi connectivity index (χ2v) is 3.89. The predicted octanol–water partition coefficient (Wildman–Crippen LogP) is 3.20. The van der Waals surface area contributed by atoms with Crippen LogP contribution in [-0.4, -0.2) is 9.97 Å². The van der Waals surface area contributed by atoms with Gasteiger partial charge in [-0.1, -0.05) is 18.2 Å². The van der Waals surface area contributed by atoms with Gasteiger partial charge in [0.2, 0.25) is 0 Å². The van der Waals surface area contributed by atoms with Crippen LogP contribution >= 0.6 is 0 Å². The van der Waals surface area contributed by atoms with Gasteiger partial charge in [-0.25, -0.2) is 4.98 Å². The largest absolute Gasteiger partial charge is 0.498 e. The SMILES string of the molecule is Cc1c(C#[N+][O-])ncc2[nH]c3ccccc3c12. The molecule has 0 radical (unpaired) electrons. The molecule has 2 aromatic heterocycles. The molecule has 1 N–H and O–H groups in total. The lowest BCUT2D eigenvalue weighted by Crippen LogP contribution is -1.88. The number of fused-ring (bicyclic) bond motifs is 3. The Hall–Kier alpha value is -2.54. The number of aryl methyl sites for hydroxylation is 1. The fraction of sp³-hybridized carbons (Fsp3) is 0.0769. The molecule has 0 amide bonds. The standard InChI is InChI=1S/C13H9N3O/c1-8-11(7-15-17)14-6-12-13(8)9-4-2-3-5-10(9)16-12/h2-6,16H,1H3. The lowest BCUT2D eigenvalue weighted by molar-refractivity contribution is 1.26. The summed E-state index contributed by atoms with van der Waals surface area (Å²) in [6.07, 6.45) is 1.70. The summed E-state index contributed by atoms with van der Waals surface area (Å²) in [4.78, 5) is 7.44. The van der Waals surface area contributed by atoms with Crippen molar-refractivity contribution in [3.63, 3.8) is 0 Å². The maximum absolute atomic E-state index is 10.3. The highest BCUT2D eigenvalue weighted by atomic mass is 16.4. The molecular formula is C13H9N3O. The summed E-state index contributed by atoms with van der Waals surface area (Å²) in [5.41, 5.74) is 3.43. The number of benzene rings is 1. The van der Waals surface area contributed by atoms with E-state index in [1.165, 1.54) is 0 Å². The van der Waals surface area contributed by atoms with Crippen LogP contribution in [0, 0.1) is 18.2 Å². The van der Waals surface area contributed by atoms with Gasteiger partial charge in [-0.3, -0.25) is 0 Å². The maximum Gasteiger partial charge on any atom is 0.357 e. The number of aromatic nitrogens is 2. The summed E-state index contributed by atoms with van der Waals surface area (Å²) in [5.74, 6) is 0. The normalized spacial score (nSPS) is 10.4. The van der Waals surface area contributed by atoms with E-state index in [-0.39, 0.29) is 0 Å². The average molecular weight is 223 g/mol. The van der Waals surface area contributed by atoms with Crippen LogP contribution in [0.25, 0.3) is 26.8 Å². The molecule has 0 bridgehead atoms. The second kappa shape index (κ2) is 3.49. The first kappa shape index (κ1) is 9.67. The van der Waals surface area contributed by atoms with Crippen LogP contribution in [0.2, 0.25) is 0 Å². The number of rotatable bonds is 0. The molecule has 0 fully saturated rings. The van der Waals surface area contributed by atoms with Gasteiger partial charge in [-0.15, -0.1) is 0 Å². The molecule has 82 valence electrons. The van der Waals surface area contributed by atoms with E-state index in [9.17, 15) is 5.21 Å². The van der Waals surface area contributed by atoms with Crippen LogP contribution in [0.5, 0.6) is 0 Å². The van der Waals surface area contributed by atoms with E-state index in [1.807, 2.05) is 31.2 Å². The van der Waals surface area contributed by atoms with Crippen molar-refractivity contribution in [1.82, 2.24) is 9.97 Å². The summed E-state index contributed by atoms with van der Waals surface area (Å²) in [7, 11) is 0. The van der Waals surface area contributed by atoms with Crippen LogP contribution in [-0.2, 0) is 0 Å². The van der Waals surface area contributed by atoms with E-state index in [1.54, 1.807) is 6.20 Å². The molecule has 0 aliphatic rings. The number of H-pyrrole nitrogens is 1. The smallest absolute Gasteiger partial charge is 0.357 e. The summed E-state index contributed by atoms with van der Waals surface area (Å²) in [6, 6.07) is 10.4. The minimum absolute atomic E-state index is 0.497. The van der Waals surface area contributed by atoms with Crippen LogP contribution in [0.15, 0.2) is 30.5 Å².